The third kappa shape index (κ3) is 4.49. The summed E-state index contributed by atoms with van der Waals surface area (Å²) in [4.78, 5) is 3.98. The fraction of sp³-hybridized carbons (Fsp3) is 0.240. The Kier molecular flexibility index (Phi) is 6.97. The van der Waals surface area contributed by atoms with E-state index >= 15 is 0 Å². The third-order valence-corrected chi connectivity index (χ3v) is 14.4. The van der Waals surface area contributed by atoms with Crippen LogP contribution in [-0.2, 0) is 10.8 Å². The monoisotopic (exact) mass is 691 g/mol. The molecular formula is C50H45NS. The number of fused-ring (bicyclic) bond motifs is 8. The lowest BCUT2D eigenvalue weighted by molar-refractivity contribution is 0.524. The van der Waals surface area contributed by atoms with Crippen molar-refractivity contribution in [3.05, 3.63) is 173 Å². The Morgan fingerprint density at radius 1 is 0.615 bits per heavy atom. The van der Waals surface area contributed by atoms with Crippen molar-refractivity contribution in [2.24, 2.45) is 0 Å². The number of nitrogens with zero attached hydrogens (tertiary/aromatic N) is 1. The zero-order valence-corrected chi connectivity index (χ0v) is 31.7. The summed E-state index contributed by atoms with van der Waals surface area (Å²) in [6.45, 7) is 12.1. The summed E-state index contributed by atoms with van der Waals surface area (Å²) >= 11 is 2.03. The molecule has 0 fully saturated rings. The maximum Gasteiger partial charge on any atom is 0.0503 e. The van der Waals surface area contributed by atoms with E-state index in [0.29, 0.717) is 0 Å². The SMILES string of the molecule is CCC1(C)C2=CCCC=C2N(c2ccc3c(c2)C(C)(C)c2ccccc2-3)c2ccc(C3=CCC4(C)Sc5ccc(-c6ccccc6)cc5C4=C3)cc21. The molecule has 0 saturated carbocycles. The van der Waals surface area contributed by atoms with Gasteiger partial charge in [-0.05, 0) is 142 Å². The Hall–Kier alpha value is -4.79. The van der Waals surface area contributed by atoms with Crippen LogP contribution in [0.5, 0.6) is 0 Å². The fourth-order valence-electron chi connectivity index (χ4n) is 9.82. The second kappa shape index (κ2) is 11.4. The van der Waals surface area contributed by atoms with E-state index in [0.717, 1.165) is 25.7 Å². The van der Waals surface area contributed by atoms with Gasteiger partial charge in [-0.15, -0.1) is 11.8 Å². The molecule has 0 aromatic heterocycles. The molecule has 10 rings (SSSR count). The molecule has 0 amide bonds. The smallest absolute Gasteiger partial charge is 0.0503 e. The van der Waals surface area contributed by atoms with E-state index in [1.807, 2.05) is 11.8 Å². The first-order chi connectivity index (χ1) is 25.2. The Morgan fingerprint density at radius 3 is 2.23 bits per heavy atom. The summed E-state index contributed by atoms with van der Waals surface area (Å²) in [6.07, 6.45) is 14.3. The molecule has 256 valence electrons. The van der Waals surface area contributed by atoms with Gasteiger partial charge in [-0.1, -0.05) is 119 Å². The van der Waals surface area contributed by atoms with Crippen LogP contribution in [0.3, 0.4) is 0 Å². The molecule has 5 aromatic carbocycles. The standard InChI is InChI=1S/C50H45NS/c1-6-49(4)41-18-12-13-19-45(41)51(36-22-23-38-37-16-10-11-17-40(37)48(2,3)42(38)31-36)46-24-20-34(30-44(46)49)35-26-27-50(5)43(29-35)39-28-33(21-25-47(39)52-50)32-14-8-7-9-15-32/h7-11,14-26,28-31H,6,12-13,27H2,1-5H3. The minimum atomic E-state index is -0.0718. The summed E-state index contributed by atoms with van der Waals surface area (Å²) in [5.74, 6) is 0. The maximum absolute atomic E-state index is 2.58. The molecule has 2 aliphatic heterocycles. The average Bonchev–Trinajstić information content (AvgIpc) is 3.61. The van der Waals surface area contributed by atoms with E-state index in [4.69, 9.17) is 0 Å². The van der Waals surface area contributed by atoms with Crippen molar-refractivity contribution in [2.75, 3.05) is 4.90 Å². The molecule has 3 aliphatic carbocycles. The molecule has 0 bridgehead atoms. The van der Waals surface area contributed by atoms with Crippen LogP contribution in [0, 0.1) is 0 Å². The van der Waals surface area contributed by atoms with Gasteiger partial charge in [0.25, 0.3) is 0 Å². The molecule has 0 N–H and O–H groups in total. The van der Waals surface area contributed by atoms with Crippen molar-refractivity contribution >= 4 is 34.3 Å². The number of allylic oxidation sites excluding steroid dienone is 6. The first-order valence-electron chi connectivity index (χ1n) is 19.1. The van der Waals surface area contributed by atoms with Crippen LogP contribution in [0.15, 0.2) is 150 Å². The minimum absolute atomic E-state index is 0.0452. The van der Waals surface area contributed by atoms with Crippen LogP contribution in [-0.4, -0.2) is 4.75 Å². The van der Waals surface area contributed by atoms with Crippen LogP contribution in [0.2, 0.25) is 0 Å². The van der Waals surface area contributed by atoms with Crippen LogP contribution in [0.1, 0.15) is 88.1 Å². The summed E-state index contributed by atoms with van der Waals surface area (Å²) in [5, 5.41) is 0. The highest BCUT2D eigenvalue weighted by molar-refractivity contribution is 8.01. The summed E-state index contributed by atoms with van der Waals surface area (Å²) < 4.78 is 0.0533. The van der Waals surface area contributed by atoms with Crippen molar-refractivity contribution in [3.63, 3.8) is 0 Å². The zero-order valence-electron chi connectivity index (χ0n) is 30.9. The molecule has 0 saturated heterocycles. The number of hydrogen-bond acceptors (Lipinski definition) is 2. The minimum Gasteiger partial charge on any atom is -0.310 e. The highest BCUT2D eigenvalue weighted by Crippen LogP contribution is 2.59. The maximum atomic E-state index is 2.58. The molecule has 0 radical (unpaired) electrons. The van der Waals surface area contributed by atoms with Gasteiger partial charge in [0.05, 0.1) is 5.69 Å². The summed E-state index contributed by atoms with van der Waals surface area (Å²) in [5.41, 5.74) is 20.4. The average molecular weight is 692 g/mol. The van der Waals surface area contributed by atoms with E-state index in [9.17, 15) is 0 Å². The van der Waals surface area contributed by atoms with Gasteiger partial charge < -0.3 is 4.90 Å². The largest absolute Gasteiger partial charge is 0.310 e. The lowest BCUT2D eigenvalue weighted by atomic mass is 9.67. The fourth-order valence-corrected chi connectivity index (χ4v) is 11.2. The first kappa shape index (κ1) is 31.9. The Labute approximate surface area is 313 Å². The predicted molar refractivity (Wildman–Crippen MR) is 222 cm³/mol. The number of anilines is 2. The van der Waals surface area contributed by atoms with Gasteiger partial charge in [-0.2, -0.15) is 0 Å². The molecular weight excluding hydrogens is 647 g/mol. The molecule has 2 heterocycles. The molecule has 52 heavy (non-hydrogen) atoms. The van der Waals surface area contributed by atoms with Crippen LogP contribution < -0.4 is 4.90 Å². The van der Waals surface area contributed by atoms with Crippen molar-refractivity contribution < 1.29 is 0 Å². The van der Waals surface area contributed by atoms with Crippen LogP contribution >= 0.6 is 11.8 Å². The van der Waals surface area contributed by atoms with Gasteiger partial charge in [-0.3, -0.25) is 0 Å². The number of rotatable bonds is 4. The highest BCUT2D eigenvalue weighted by Gasteiger charge is 2.44. The number of thioether (sulfide) groups is 1. The van der Waals surface area contributed by atoms with Crippen molar-refractivity contribution in [1.82, 2.24) is 0 Å². The molecule has 5 aromatic rings. The van der Waals surface area contributed by atoms with Gasteiger partial charge in [0.2, 0.25) is 0 Å². The van der Waals surface area contributed by atoms with Crippen LogP contribution in [0.25, 0.3) is 33.4 Å². The molecule has 2 atom stereocenters. The van der Waals surface area contributed by atoms with E-state index in [2.05, 4.69) is 173 Å². The molecule has 2 unspecified atom stereocenters. The van der Waals surface area contributed by atoms with Gasteiger partial charge in [0.1, 0.15) is 0 Å². The van der Waals surface area contributed by atoms with Gasteiger partial charge in [-0.25, -0.2) is 0 Å². The summed E-state index contributed by atoms with van der Waals surface area (Å²) in [6, 6.07) is 41.4. The van der Waals surface area contributed by atoms with Gasteiger partial charge >= 0.3 is 0 Å². The van der Waals surface area contributed by atoms with E-state index < -0.39 is 0 Å². The second-order valence-corrected chi connectivity index (χ2v) is 17.8. The van der Waals surface area contributed by atoms with Crippen molar-refractivity contribution in [3.8, 4) is 22.3 Å². The summed E-state index contributed by atoms with van der Waals surface area (Å²) in [7, 11) is 0. The Bertz CT molecular complexity index is 2460. The van der Waals surface area contributed by atoms with Crippen molar-refractivity contribution in [1.29, 1.82) is 0 Å². The zero-order chi connectivity index (χ0) is 35.4. The lowest BCUT2D eigenvalue weighted by Gasteiger charge is -2.47. The topological polar surface area (TPSA) is 3.24 Å². The molecule has 0 spiro atoms. The van der Waals surface area contributed by atoms with E-state index in [1.54, 1.807) is 0 Å². The number of hydrogen-bond donors (Lipinski definition) is 0. The second-order valence-electron chi connectivity index (χ2n) is 16.3. The van der Waals surface area contributed by atoms with Crippen molar-refractivity contribution in [2.45, 2.75) is 80.8 Å². The van der Waals surface area contributed by atoms with E-state index in [1.165, 1.54) is 88.8 Å². The third-order valence-electron chi connectivity index (χ3n) is 13.0. The predicted octanol–water partition coefficient (Wildman–Crippen LogP) is 13.8. The highest BCUT2D eigenvalue weighted by atomic mass is 32.2. The van der Waals surface area contributed by atoms with Crippen LogP contribution in [0.4, 0.5) is 11.4 Å². The van der Waals surface area contributed by atoms with Gasteiger partial charge in [0.15, 0.2) is 0 Å². The molecule has 5 aliphatic rings. The molecule has 2 heteroatoms. The van der Waals surface area contributed by atoms with Gasteiger partial charge in [0, 0.05) is 31.9 Å². The Balaban J connectivity index is 1.10. The Morgan fingerprint density at radius 2 is 1.38 bits per heavy atom. The number of benzene rings is 5. The molecule has 1 nitrogen and oxygen atoms in total. The lowest BCUT2D eigenvalue weighted by Crippen LogP contribution is -2.38. The normalized spacial score (nSPS) is 23.2. The van der Waals surface area contributed by atoms with E-state index in [-0.39, 0.29) is 15.6 Å². The quantitative estimate of drug-likeness (QED) is 0.185. The first-order valence-corrected chi connectivity index (χ1v) is 19.9.